The fourth-order valence-electron chi connectivity index (χ4n) is 2.40. The van der Waals surface area contributed by atoms with E-state index in [4.69, 9.17) is 18.6 Å². The molecule has 172 valence electrons. The molecule has 2 heterocycles. The van der Waals surface area contributed by atoms with Crippen molar-refractivity contribution in [3.05, 3.63) is 47.1 Å². The Morgan fingerprint density at radius 1 is 0.941 bits per heavy atom. The molecule has 0 atom stereocenters. The number of terminal acetylenes is 2. The zero-order valence-corrected chi connectivity index (χ0v) is 20.0. The molecule has 2 aromatic heterocycles. The summed E-state index contributed by atoms with van der Waals surface area (Å²) in [7, 11) is 3.25. The Bertz CT molecular complexity index is 1330. The van der Waals surface area contributed by atoms with E-state index in [-0.39, 0.29) is 5.69 Å². The average Bonchev–Trinajstić information content (AvgIpc) is 3.16. The smallest absolute Gasteiger partial charge is 0.335 e. The lowest BCUT2D eigenvalue weighted by molar-refractivity contribution is 0.277. The standard InChI is InChI=1S/C13H13N5O.C10H2.C2H6O.C2H6/c1-2-17-12-10(11(14)15-8-16-12)18(13(17)19)9-6-4-3-5-7-9;1-3-5-7-9-10-8-6-4-2;1-3-2;1-2/h3-8H,2H2,1H3,(H2,14,15,16);1-2H;1-2H3;1-2H3. The van der Waals surface area contributed by atoms with Crippen molar-refractivity contribution in [1.82, 2.24) is 19.1 Å². The minimum atomic E-state index is -0.157. The summed E-state index contributed by atoms with van der Waals surface area (Å²) in [6.45, 7) is 6.43. The van der Waals surface area contributed by atoms with Gasteiger partial charge in [-0.2, -0.15) is 0 Å². The number of aromatic nitrogens is 4. The lowest BCUT2D eigenvalue weighted by atomic mass is 10.3. The molecule has 34 heavy (non-hydrogen) atoms. The second-order valence-electron chi connectivity index (χ2n) is 5.58. The minimum Gasteiger partial charge on any atom is -0.388 e. The van der Waals surface area contributed by atoms with Gasteiger partial charge in [-0.25, -0.2) is 14.8 Å². The van der Waals surface area contributed by atoms with E-state index in [0.29, 0.717) is 23.5 Å². The largest absolute Gasteiger partial charge is 0.388 e. The van der Waals surface area contributed by atoms with Crippen LogP contribution in [0.15, 0.2) is 41.5 Å². The highest BCUT2D eigenvalue weighted by molar-refractivity contribution is 5.83. The fraction of sp³-hybridized carbons (Fsp3) is 0.222. The molecule has 7 nitrogen and oxygen atoms in total. The van der Waals surface area contributed by atoms with Gasteiger partial charge in [-0.3, -0.25) is 9.13 Å². The number of fused-ring (bicyclic) bond motifs is 1. The number of anilines is 1. The lowest BCUT2D eigenvalue weighted by Gasteiger charge is -2.03. The van der Waals surface area contributed by atoms with Crippen LogP contribution in [0.2, 0.25) is 0 Å². The summed E-state index contributed by atoms with van der Waals surface area (Å²) >= 11 is 0. The number of rotatable bonds is 2. The third-order valence-electron chi connectivity index (χ3n) is 3.52. The van der Waals surface area contributed by atoms with Crippen LogP contribution in [0.25, 0.3) is 16.9 Å². The summed E-state index contributed by atoms with van der Waals surface area (Å²) < 4.78 is 7.38. The van der Waals surface area contributed by atoms with Crippen LogP contribution in [-0.4, -0.2) is 33.3 Å². The first-order valence-corrected chi connectivity index (χ1v) is 10.2. The monoisotopic (exact) mass is 453 g/mol. The topological polar surface area (TPSA) is 88.0 Å². The maximum atomic E-state index is 12.5. The van der Waals surface area contributed by atoms with E-state index in [9.17, 15) is 4.79 Å². The van der Waals surface area contributed by atoms with E-state index in [2.05, 4.69) is 62.1 Å². The molecule has 0 spiro atoms. The van der Waals surface area contributed by atoms with E-state index in [0.717, 1.165) is 5.69 Å². The van der Waals surface area contributed by atoms with Gasteiger partial charge in [0.25, 0.3) is 0 Å². The highest BCUT2D eigenvalue weighted by Gasteiger charge is 2.17. The summed E-state index contributed by atoms with van der Waals surface area (Å²) in [5.41, 5.74) is 7.62. The maximum Gasteiger partial charge on any atom is 0.335 e. The molecular formula is C27H27N5O2. The molecular weight excluding hydrogens is 426 g/mol. The number of hydrogen-bond donors (Lipinski definition) is 1. The Morgan fingerprint density at radius 3 is 1.91 bits per heavy atom. The highest BCUT2D eigenvalue weighted by atomic mass is 16.4. The van der Waals surface area contributed by atoms with Crippen molar-refractivity contribution in [2.45, 2.75) is 27.3 Å². The number of methoxy groups -OCH3 is 1. The van der Waals surface area contributed by atoms with Gasteiger partial charge in [-0.05, 0) is 66.4 Å². The van der Waals surface area contributed by atoms with Gasteiger partial charge in [-0.15, -0.1) is 12.8 Å². The van der Waals surface area contributed by atoms with Crippen LogP contribution < -0.4 is 11.4 Å². The normalized spacial score (nSPS) is 7.85. The fourth-order valence-corrected chi connectivity index (χ4v) is 2.40. The molecule has 0 aliphatic carbocycles. The van der Waals surface area contributed by atoms with Crippen molar-refractivity contribution >= 4 is 17.0 Å². The Hall–Kier alpha value is -4.87. The summed E-state index contributed by atoms with van der Waals surface area (Å²) in [5.74, 6) is 18.7. The van der Waals surface area contributed by atoms with Crippen LogP contribution in [0, 0.1) is 60.2 Å². The molecule has 0 aliphatic rings. The molecule has 3 aromatic rings. The number of imidazole rings is 1. The number of nitrogens with two attached hydrogens (primary N) is 1. The Labute approximate surface area is 201 Å². The number of benzene rings is 1. The Kier molecular flexibility index (Phi) is 15.2. The van der Waals surface area contributed by atoms with Crippen molar-refractivity contribution in [2.75, 3.05) is 20.0 Å². The number of para-hydroxylation sites is 1. The summed E-state index contributed by atoms with van der Waals surface area (Å²) in [5, 5.41) is 0. The van der Waals surface area contributed by atoms with Crippen LogP contribution in [0.4, 0.5) is 5.82 Å². The van der Waals surface area contributed by atoms with E-state index in [1.807, 2.05) is 51.1 Å². The molecule has 0 bridgehead atoms. The molecule has 0 saturated carbocycles. The SMILES string of the molecule is C#CC#CC#CC#CC#C.CC.CCn1c(=O)n(-c2ccccc2)c2c(N)ncnc21.COC. The van der Waals surface area contributed by atoms with Gasteiger partial charge in [0.1, 0.15) is 11.8 Å². The molecule has 0 radical (unpaired) electrons. The van der Waals surface area contributed by atoms with Gasteiger partial charge in [0, 0.05) is 20.8 Å². The Balaban J connectivity index is 0.000000617. The van der Waals surface area contributed by atoms with E-state index in [1.165, 1.54) is 6.33 Å². The average molecular weight is 454 g/mol. The van der Waals surface area contributed by atoms with Crippen molar-refractivity contribution in [3.63, 3.8) is 0 Å². The predicted molar refractivity (Wildman–Crippen MR) is 138 cm³/mol. The van der Waals surface area contributed by atoms with E-state index >= 15 is 0 Å². The van der Waals surface area contributed by atoms with Crippen molar-refractivity contribution in [3.8, 4) is 65.9 Å². The zero-order valence-electron chi connectivity index (χ0n) is 20.0. The second kappa shape index (κ2) is 17.8. The van der Waals surface area contributed by atoms with E-state index < -0.39 is 0 Å². The van der Waals surface area contributed by atoms with Crippen LogP contribution in [0.5, 0.6) is 0 Å². The van der Waals surface area contributed by atoms with Gasteiger partial charge >= 0.3 is 5.69 Å². The maximum absolute atomic E-state index is 12.5. The first-order valence-electron chi connectivity index (χ1n) is 10.2. The van der Waals surface area contributed by atoms with Crippen LogP contribution >= 0.6 is 0 Å². The van der Waals surface area contributed by atoms with Crippen molar-refractivity contribution in [1.29, 1.82) is 0 Å². The lowest BCUT2D eigenvalue weighted by Crippen LogP contribution is -2.22. The predicted octanol–water partition coefficient (Wildman–Crippen LogP) is 2.74. The molecule has 0 aliphatic heterocycles. The number of nitrogens with zero attached hydrogens (tertiary/aromatic N) is 4. The molecule has 0 amide bonds. The van der Waals surface area contributed by atoms with Crippen LogP contribution in [-0.2, 0) is 11.3 Å². The number of nitrogen functional groups attached to an aromatic ring is 1. The third-order valence-corrected chi connectivity index (χ3v) is 3.52. The molecule has 0 unspecified atom stereocenters. The quantitative estimate of drug-likeness (QED) is 0.603. The second-order valence-corrected chi connectivity index (χ2v) is 5.58. The first kappa shape index (κ1) is 29.1. The molecule has 3 rings (SSSR count). The Morgan fingerprint density at radius 2 is 1.44 bits per heavy atom. The zero-order chi connectivity index (χ0) is 25.8. The van der Waals surface area contributed by atoms with Crippen molar-refractivity contribution in [2.24, 2.45) is 0 Å². The number of hydrogen-bond acceptors (Lipinski definition) is 5. The van der Waals surface area contributed by atoms with Crippen LogP contribution in [0.3, 0.4) is 0 Å². The van der Waals surface area contributed by atoms with Gasteiger partial charge in [0.15, 0.2) is 11.5 Å². The van der Waals surface area contributed by atoms with Crippen LogP contribution in [0.1, 0.15) is 20.8 Å². The minimum absolute atomic E-state index is 0.157. The summed E-state index contributed by atoms with van der Waals surface area (Å²) in [6, 6.07) is 9.35. The number of ether oxygens (including phenoxy) is 1. The van der Waals surface area contributed by atoms with Gasteiger partial charge in [-0.1, -0.05) is 32.0 Å². The van der Waals surface area contributed by atoms with Gasteiger partial charge in [0.2, 0.25) is 0 Å². The third kappa shape index (κ3) is 8.70. The molecule has 2 N–H and O–H groups in total. The molecule has 7 heteroatoms. The molecule has 1 aromatic carbocycles. The summed E-state index contributed by atoms with van der Waals surface area (Å²) in [4.78, 5) is 20.6. The highest BCUT2D eigenvalue weighted by Crippen LogP contribution is 2.19. The van der Waals surface area contributed by atoms with E-state index in [1.54, 1.807) is 23.4 Å². The first-order chi connectivity index (χ1) is 16.6. The summed E-state index contributed by atoms with van der Waals surface area (Å²) in [6.07, 6.45) is 11.0. The molecule has 0 saturated heterocycles. The number of aryl methyl sites for hydroxylation is 1. The van der Waals surface area contributed by atoms with Crippen molar-refractivity contribution < 1.29 is 4.74 Å². The molecule has 0 fully saturated rings. The van der Waals surface area contributed by atoms with Gasteiger partial charge in [0.05, 0.1) is 5.69 Å². The van der Waals surface area contributed by atoms with Gasteiger partial charge < -0.3 is 10.5 Å².